The van der Waals surface area contributed by atoms with Crippen LogP contribution in [0, 0.1) is 15.2 Å². The highest BCUT2D eigenvalue weighted by atomic mass is 127. The van der Waals surface area contributed by atoms with Crippen LogP contribution in [0.15, 0.2) is 12.1 Å². The Labute approximate surface area is 111 Å². The SMILES string of the molecule is O=C(c1cc(I)cc(F)c1F)N1CCC(O)C1. The summed E-state index contributed by atoms with van der Waals surface area (Å²) in [6.45, 7) is 0.540. The number of hydrogen-bond acceptors (Lipinski definition) is 2. The summed E-state index contributed by atoms with van der Waals surface area (Å²) in [5.41, 5.74) is -0.275. The molecule has 0 radical (unpaired) electrons. The van der Waals surface area contributed by atoms with E-state index in [4.69, 9.17) is 0 Å². The number of carbonyl (C=O) groups is 1. The average molecular weight is 353 g/mol. The number of rotatable bonds is 1. The Kier molecular flexibility index (Phi) is 3.62. The van der Waals surface area contributed by atoms with Gasteiger partial charge in [-0.05, 0) is 41.1 Å². The Balaban J connectivity index is 2.31. The van der Waals surface area contributed by atoms with Crippen molar-refractivity contribution in [2.24, 2.45) is 0 Å². The molecule has 1 aromatic rings. The van der Waals surface area contributed by atoms with E-state index in [2.05, 4.69) is 0 Å². The van der Waals surface area contributed by atoms with E-state index in [1.54, 1.807) is 0 Å². The molecule has 1 aliphatic heterocycles. The molecule has 0 aliphatic carbocycles. The van der Waals surface area contributed by atoms with Gasteiger partial charge < -0.3 is 10.0 Å². The molecule has 1 N–H and O–H groups in total. The summed E-state index contributed by atoms with van der Waals surface area (Å²) in [4.78, 5) is 13.3. The van der Waals surface area contributed by atoms with Crippen LogP contribution in [0.2, 0.25) is 0 Å². The molecule has 1 unspecified atom stereocenters. The minimum atomic E-state index is -1.13. The molecular weight excluding hydrogens is 343 g/mol. The number of aliphatic hydroxyl groups is 1. The smallest absolute Gasteiger partial charge is 0.257 e. The molecule has 1 fully saturated rings. The first kappa shape index (κ1) is 12.7. The van der Waals surface area contributed by atoms with Gasteiger partial charge in [0.05, 0.1) is 11.7 Å². The molecule has 0 saturated carbocycles. The Morgan fingerprint density at radius 1 is 1.47 bits per heavy atom. The van der Waals surface area contributed by atoms with E-state index in [0.29, 0.717) is 16.5 Å². The summed E-state index contributed by atoms with van der Waals surface area (Å²) in [6, 6.07) is 2.34. The molecule has 1 amide bonds. The van der Waals surface area contributed by atoms with Gasteiger partial charge >= 0.3 is 0 Å². The minimum Gasteiger partial charge on any atom is -0.391 e. The van der Waals surface area contributed by atoms with Gasteiger partial charge in [-0.1, -0.05) is 0 Å². The molecule has 1 aromatic carbocycles. The van der Waals surface area contributed by atoms with E-state index in [9.17, 15) is 18.7 Å². The number of halogens is 3. The second-order valence-electron chi connectivity index (χ2n) is 3.94. The lowest BCUT2D eigenvalue weighted by atomic mass is 10.2. The summed E-state index contributed by atoms with van der Waals surface area (Å²) in [6.07, 6.45) is -0.102. The van der Waals surface area contributed by atoms with Crippen LogP contribution in [-0.4, -0.2) is 35.1 Å². The largest absolute Gasteiger partial charge is 0.391 e. The van der Waals surface area contributed by atoms with Crippen molar-refractivity contribution in [3.63, 3.8) is 0 Å². The van der Waals surface area contributed by atoms with E-state index in [0.717, 1.165) is 6.07 Å². The number of hydrogen-bond donors (Lipinski definition) is 1. The number of carbonyl (C=O) groups excluding carboxylic acids is 1. The third kappa shape index (κ3) is 2.57. The zero-order valence-corrected chi connectivity index (χ0v) is 10.9. The fraction of sp³-hybridized carbons (Fsp3) is 0.364. The molecule has 2 rings (SSSR count). The molecule has 1 atom stereocenters. The van der Waals surface area contributed by atoms with Gasteiger partial charge in [-0.25, -0.2) is 8.78 Å². The standard InChI is InChI=1S/C11H10F2INO2/c12-9-4-6(14)3-8(10(9)13)11(17)15-2-1-7(16)5-15/h3-4,7,16H,1-2,5H2. The number of nitrogens with zero attached hydrogens (tertiary/aromatic N) is 1. The molecule has 17 heavy (non-hydrogen) atoms. The maximum atomic E-state index is 13.5. The quantitative estimate of drug-likeness (QED) is 0.618. The van der Waals surface area contributed by atoms with Gasteiger partial charge in [-0.2, -0.15) is 0 Å². The molecule has 1 heterocycles. The van der Waals surface area contributed by atoms with Gasteiger partial charge in [0.25, 0.3) is 5.91 Å². The van der Waals surface area contributed by atoms with Crippen LogP contribution < -0.4 is 0 Å². The van der Waals surface area contributed by atoms with Gasteiger partial charge in [0.2, 0.25) is 0 Å². The molecule has 92 valence electrons. The van der Waals surface area contributed by atoms with Crippen LogP contribution in [0.5, 0.6) is 0 Å². The maximum Gasteiger partial charge on any atom is 0.257 e. The highest BCUT2D eigenvalue weighted by Gasteiger charge is 2.28. The second-order valence-corrected chi connectivity index (χ2v) is 5.19. The van der Waals surface area contributed by atoms with Crippen LogP contribution in [0.25, 0.3) is 0 Å². The van der Waals surface area contributed by atoms with Gasteiger partial charge in [0.15, 0.2) is 11.6 Å². The van der Waals surface area contributed by atoms with Crippen molar-refractivity contribution in [2.45, 2.75) is 12.5 Å². The van der Waals surface area contributed by atoms with E-state index in [-0.39, 0.29) is 12.1 Å². The minimum absolute atomic E-state index is 0.172. The summed E-state index contributed by atoms with van der Waals surface area (Å²) in [7, 11) is 0. The predicted octanol–water partition coefficient (Wildman–Crippen LogP) is 1.78. The fourth-order valence-corrected chi connectivity index (χ4v) is 2.39. The zero-order valence-electron chi connectivity index (χ0n) is 8.79. The Morgan fingerprint density at radius 2 is 2.18 bits per heavy atom. The lowest BCUT2D eigenvalue weighted by Gasteiger charge is -2.16. The molecular formula is C11H10F2INO2. The number of amides is 1. The van der Waals surface area contributed by atoms with E-state index in [1.807, 2.05) is 22.6 Å². The Hall–Kier alpha value is -0.760. The van der Waals surface area contributed by atoms with Crippen molar-refractivity contribution in [1.82, 2.24) is 4.90 Å². The predicted molar refractivity (Wildman–Crippen MR) is 65.6 cm³/mol. The first-order valence-electron chi connectivity index (χ1n) is 5.11. The van der Waals surface area contributed by atoms with Crippen LogP contribution in [-0.2, 0) is 0 Å². The normalized spacial score (nSPS) is 19.8. The van der Waals surface area contributed by atoms with Gasteiger partial charge in [-0.15, -0.1) is 0 Å². The maximum absolute atomic E-state index is 13.5. The molecule has 0 aromatic heterocycles. The van der Waals surface area contributed by atoms with E-state index in [1.165, 1.54) is 11.0 Å². The van der Waals surface area contributed by atoms with Crippen molar-refractivity contribution in [1.29, 1.82) is 0 Å². The number of benzene rings is 1. The Morgan fingerprint density at radius 3 is 2.76 bits per heavy atom. The first-order valence-corrected chi connectivity index (χ1v) is 6.19. The highest BCUT2D eigenvalue weighted by Crippen LogP contribution is 2.20. The van der Waals surface area contributed by atoms with Crippen molar-refractivity contribution >= 4 is 28.5 Å². The summed E-state index contributed by atoms with van der Waals surface area (Å²) < 4.78 is 27.1. The van der Waals surface area contributed by atoms with Crippen molar-refractivity contribution in [3.05, 3.63) is 32.9 Å². The molecule has 6 heteroatoms. The zero-order chi connectivity index (χ0) is 12.6. The molecule has 0 bridgehead atoms. The Bertz CT molecular complexity index is 467. The lowest BCUT2D eigenvalue weighted by Crippen LogP contribution is -2.30. The van der Waals surface area contributed by atoms with Crippen molar-refractivity contribution in [3.8, 4) is 0 Å². The van der Waals surface area contributed by atoms with Gasteiger partial charge in [0, 0.05) is 16.7 Å². The third-order valence-electron chi connectivity index (χ3n) is 2.67. The molecule has 3 nitrogen and oxygen atoms in total. The molecule has 0 spiro atoms. The summed E-state index contributed by atoms with van der Waals surface area (Å²) in [5, 5.41) is 9.31. The first-order chi connectivity index (χ1) is 7.99. The fourth-order valence-electron chi connectivity index (χ4n) is 1.81. The highest BCUT2D eigenvalue weighted by molar-refractivity contribution is 14.1. The van der Waals surface area contributed by atoms with Gasteiger partial charge in [0.1, 0.15) is 0 Å². The number of likely N-dealkylation sites (tertiary alicyclic amines) is 1. The van der Waals surface area contributed by atoms with Crippen LogP contribution >= 0.6 is 22.6 Å². The van der Waals surface area contributed by atoms with Crippen molar-refractivity contribution in [2.75, 3.05) is 13.1 Å². The second kappa shape index (κ2) is 4.85. The summed E-state index contributed by atoms with van der Waals surface area (Å²) in [5.74, 6) is -2.73. The van der Waals surface area contributed by atoms with Crippen LogP contribution in [0.4, 0.5) is 8.78 Å². The third-order valence-corrected chi connectivity index (χ3v) is 3.30. The molecule has 1 saturated heterocycles. The van der Waals surface area contributed by atoms with Crippen LogP contribution in [0.3, 0.4) is 0 Å². The average Bonchev–Trinajstić information content (AvgIpc) is 2.69. The van der Waals surface area contributed by atoms with E-state index < -0.39 is 23.6 Å². The van der Waals surface area contributed by atoms with Crippen LogP contribution in [0.1, 0.15) is 16.8 Å². The van der Waals surface area contributed by atoms with Gasteiger partial charge in [-0.3, -0.25) is 4.79 Å². The molecule has 1 aliphatic rings. The monoisotopic (exact) mass is 353 g/mol. The van der Waals surface area contributed by atoms with E-state index >= 15 is 0 Å². The summed E-state index contributed by atoms with van der Waals surface area (Å²) >= 11 is 1.82. The van der Waals surface area contributed by atoms with Crippen molar-refractivity contribution < 1.29 is 18.7 Å². The lowest BCUT2D eigenvalue weighted by molar-refractivity contribution is 0.0759. The topological polar surface area (TPSA) is 40.5 Å². The number of aliphatic hydroxyl groups excluding tert-OH is 1. The number of β-amino-alcohol motifs (C(OH)–C–C–N with tert-alkyl or cyclic N) is 1.